The molecule has 0 atom stereocenters. The smallest absolute Gasteiger partial charge is 0.260 e. The number of aromatic nitrogens is 7. The summed E-state index contributed by atoms with van der Waals surface area (Å²) in [7, 11) is 0. The average molecular weight is 317 g/mol. The Bertz CT molecular complexity index is 1150. The Morgan fingerprint density at radius 2 is 1.92 bits per heavy atom. The lowest BCUT2D eigenvalue weighted by Crippen LogP contribution is -1.99. The van der Waals surface area contributed by atoms with Gasteiger partial charge in [-0.15, -0.1) is 0 Å². The quantitative estimate of drug-likeness (QED) is 0.548. The number of hydrogen-bond donors (Lipinski definition) is 1. The number of benzene rings is 2. The molecule has 5 aromatic rings. The SMILES string of the molecule is c1cc(-c2nc(Cn3cnc4ccccc43)no2)c2n[nH]nc2c1. The Morgan fingerprint density at radius 3 is 2.92 bits per heavy atom. The van der Waals surface area contributed by atoms with Crippen molar-refractivity contribution in [1.82, 2.24) is 35.1 Å². The number of nitrogens with one attached hydrogen (secondary N) is 1. The van der Waals surface area contributed by atoms with E-state index in [-0.39, 0.29) is 0 Å². The van der Waals surface area contributed by atoms with Crippen LogP contribution in [0, 0.1) is 0 Å². The van der Waals surface area contributed by atoms with E-state index in [4.69, 9.17) is 4.52 Å². The number of aromatic amines is 1. The lowest BCUT2D eigenvalue weighted by atomic mass is 10.2. The van der Waals surface area contributed by atoms with Crippen molar-refractivity contribution in [2.75, 3.05) is 0 Å². The fraction of sp³-hybridized carbons (Fsp3) is 0.0625. The van der Waals surface area contributed by atoms with Gasteiger partial charge in [0.2, 0.25) is 0 Å². The number of para-hydroxylation sites is 3. The second-order valence-electron chi connectivity index (χ2n) is 5.37. The average Bonchev–Trinajstić information content (AvgIpc) is 3.34. The number of fused-ring (bicyclic) bond motifs is 2. The van der Waals surface area contributed by atoms with Crippen molar-refractivity contribution in [2.24, 2.45) is 0 Å². The summed E-state index contributed by atoms with van der Waals surface area (Å²) >= 11 is 0. The van der Waals surface area contributed by atoms with Gasteiger partial charge in [-0.1, -0.05) is 23.4 Å². The highest BCUT2D eigenvalue weighted by atomic mass is 16.5. The van der Waals surface area contributed by atoms with Crippen molar-refractivity contribution in [2.45, 2.75) is 6.54 Å². The standard InChI is InChI=1S/C16H11N7O/c1-2-7-13-11(5-1)17-9-23(13)8-14-18-16(24-21-14)10-4-3-6-12-15(10)20-22-19-12/h1-7,9H,8H2,(H,19,20,22). The summed E-state index contributed by atoms with van der Waals surface area (Å²) in [5.41, 5.74) is 4.19. The second-order valence-corrected chi connectivity index (χ2v) is 5.37. The highest BCUT2D eigenvalue weighted by Gasteiger charge is 2.15. The molecule has 3 heterocycles. The van der Waals surface area contributed by atoms with Gasteiger partial charge in [-0.2, -0.15) is 20.4 Å². The molecule has 0 radical (unpaired) electrons. The third-order valence-corrected chi connectivity index (χ3v) is 3.88. The number of H-pyrrole nitrogens is 1. The lowest BCUT2D eigenvalue weighted by molar-refractivity contribution is 0.421. The highest BCUT2D eigenvalue weighted by molar-refractivity contribution is 5.88. The maximum absolute atomic E-state index is 5.41. The molecule has 0 aliphatic heterocycles. The summed E-state index contributed by atoms with van der Waals surface area (Å²) in [6.45, 7) is 0.485. The van der Waals surface area contributed by atoms with Gasteiger partial charge in [0.05, 0.1) is 29.5 Å². The highest BCUT2D eigenvalue weighted by Crippen LogP contribution is 2.24. The van der Waals surface area contributed by atoms with Crippen LogP contribution in [-0.4, -0.2) is 35.1 Å². The predicted molar refractivity (Wildman–Crippen MR) is 86.0 cm³/mol. The minimum atomic E-state index is 0.425. The Labute approximate surface area is 135 Å². The van der Waals surface area contributed by atoms with Crippen LogP contribution in [0.5, 0.6) is 0 Å². The third-order valence-electron chi connectivity index (χ3n) is 3.88. The van der Waals surface area contributed by atoms with Gasteiger partial charge >= 0.3 is 0 Å². The maximum atomic E-state index is 5.41. The first-order valence-electron chi connectivity index (χ1n) is 7.41. The van der Waals surface area contributed by atoms with Crippen LogP contribution < -0.4 is 0 Å². The van der Waals surface area contributed by atoms with E-state index in [0.717, 1.165) is 22.1 Å². The van der Waals surface area contributed by atoms with Crippen molar-refractivity contribution < 1.29 is 4.52 Å². The van der Waals surface area contributed by atoms with Crippen LogP contribution >= 0.6 is 0 Å². The third kappa shape index (κ3) is 1.97. The first-order chi connectivity index (χ1) is 11.9. The fourth-order valence-corrected chi connectivity index (χ4v) is 2.76. The summed E-state index contributed by atoms with van der Waals surface area (Å²) < 4.78 is 7.40. The molecule has 0 saturated carbocycles. The van der Waals surface area contributed by atoms with Gasteiger partial charge in [-0.05, 0) is 24.3 Å². The Hall–Kier alpha value is -3.55. The van der Waals surface area contributed by atoms with E-state index in [1.54, 1.807) is 6.33 Å². The molecule has 0 unspecified atom stereocenters. The summed E-state index contributed by atoms with van der Waals surface area (Å²) in [5.74, 6) is 1.00. The van der Waals surface area contributed by atoms with Gasteiger partial charge < -0.3 is 9.09 Å². The normalized spacial score (nSPS) is 11.5. The van der Waals surface area contributed by atoms with Gasteiger partial charge in [0, 0.05) is 0 Å². The van der Waals surface area contributed by atoms with Crippen molar-refractivity contribution in [3.05, 3.63) is 54.6 Å². The van der Waals surface area contributed by atoms with Crippen LogP contribution in [0.1, 0.15) is 5.82 Å². The molecule has 0 aliphatic rings. The topological polar surface area (TPSA) is 98.3 Å². The van der Waals surface area contributed by atoms with E-state index < -0.39 is 0 Å². The number of imidazole rings is 1. The van der Waals surface area contributed by atoms with Gasteiger partial charge in [-0.25, -0.2) is 4.98 Å². The zero-order valence-corrected chi connectivity index (χ0v) is 12.4. The summed E-state index contributed by atoms with van der Waals surface area (Å²) in [4.78, 5) is 8.85. The number of hydrogen-bond acceptors (Lipinski definition) is 6. The van der Waals surface area contributed by atoms with E-state index in [0.29, 0.717) is 23.8 Å². The van der Waals surface area contributed by atoms with Gasteiger partial charge in [0.25, 0.3) is 5.89 Å². The molecule has 0 amide bonds. The Morgan fingerprint density at radius 1 is 1.00 bits per heavy atom. The van der Waals surface area contributed by atoms with Crippen LogP contribution in [0.15, 0.2) is 53.3 Å². The van der Waals surface area contributed by atoms with Crippen molar-refractivity contribution in [3.63, 3.8) is 0 Å². The van der Waals surface area contributed by atoms with Crippen molar-refractivity contribution >= 4 is 22.1 Å². The van der Waals surface area contributed by atoms with E-state index in [9.17, 15) is 0 Å². The van der Waals surface area contributed by atoms with Crippen LogP contribution in [0.25, 0.3) is 33.5 Å². The molecule has 116 valence electrons. The Kier molecular flexibility index (Phi) is 2.69. The lowest BCUT2D eigenvalue weighted by Gasteiger charge is -1.99. The van der Waals surface area contributed by atoms with E-state index >= 15 is 0 Å². The molecule has 0 fully saturated rings. The summed E-state index contributed by atoms with van der Waals surface area (Å²) in [6.07, 6.45) is 1.78. The molecule has 8 heteroatoms. The predicted octanol–water partition coefficient (Wildman–Crippen LogP) is 2.41. The molecule has 3 aromatic heterocycles. The van der Waals surface area contributed by atoms with Crippen LogP contribution in [0.2, 0.25) is 0 Å². The van der Waals surface area contributed by atoms with Crippen molar-refractivity contribution in [3.8, 4) is 11.5 Å². The first-order valence-corrected chi connectivity index (χ1v) is 7.41. The monoisotopic (exact) mass is 317 g/mol. The number of nitrogens with zero attached hydrogens (tertiary/aromatic N) is 6. The van der Waals surface area contributed by atoms with Crippen LogP contribution in [0.4, 0.5) is 0 Å². The van der Waals surface area contributed by atoms with Gasteiger partial charge in [-0.3, -0.25) is 0 Å². The first kappa shape index (κ1) is 12.9. The Balaban J connectivity index is 1.52. The molecule has 0 bridgehead atoms. The molecule has 5 rings (SSSR count). The fourth-order valence-electron chi connectivity index (χ4n) is 2.76. The van der Waals surface area contributed by atoms with Gasteiger partial charge in [0.1, 0.15) is 11.0 Å². The van der Waals surface area contributed by atoms with E-state index in [1.807, 2.05) is 47.0 Å². The summed E-state index contributed by atoms with van der Waals surface area (Å²) in [5, 5.41) is 14.9. The largest absolute Gasteiger partial charge is 0.334 e. The molecule has 0 saturated heterocycles. The van der Waals surface area contributed by atoms with E-state index in [1.165, 1.54) is 0 Å². The number of rotatable bonds is 3. The molecule has 0 spiro atoms. The molecule has 24 heavy (non-hydrogen) atoms. The summed E-state index contributed by atoms with van der Waals surface area (Å²) in [6, 6.07) is 13.6. The minimum Gasteiger partial charge on any atom is -0.334 e. The van der Waals surface area contributed by atoms with Crippen molar-refractivity contribution in [1.29, 1.82) is 0 Å². The van der Waals surface area contributed by atoms with E-state index in [2.05, 4.69) is 30.5 Å². The van der Waals surface area contributed by atoms with Gasteiger partial charge in [0.15, 0.2) is 5.82 Å². The zero-order chi connectivity index (χ0) is 15.9. The molecule has 1 N–H and O–H groups in total. The van der Waals surface area contributed by atoms with Crippen LogP contribution in [-0.2, 0) is 6.54 Å². The molecule has 8 nitrogen and oxygen atoms in total. The maximum Gasteiger partial charge on any atom is 0.260 e. The minimum absolute atomic E-state index is 0.425. The molecule has 2 aromatic carbocycles. The second kappa shape index (κ2) is 4.98. The molecular formula is C16H11N7O. The molecular weight excluding hydrogens is 306 g/mol. The van der Waals surface area contributed by atoms with Crippen LogP contribution in [0.3, 0.4) is 0 Å². The zero-order valence-electron chi connectivity index (χ0n) is 12.4. The molecule has 0 aliphatic carbocycles.